The van der Waals surface area contributed by atoms with Gasteiger partial charge in [-0.2, -0.15) is 0 Å². The highest BCUT2D eigenvalue weighted by atomic mass is 35.5. The molecule has 6 unspecified atom stereocenters. The number of nitrogens with two attached hydrogens (primary N) is 1. The molecule has 0 rings (SSSR count). The van der Waals surface area contributed by atoms with Crippen LogP contribution in [0.2, 0.25) is 0 Å². The van der Waals surface area contributed by atoms with Gasteiger partial charge in [-0.1, -0.05) is 0 Å². The third-order valence-electron chi connectivity index (χ3n) is 10.3. The number of hydrogen-bond acceptors (Lipinski definition) is 28. The summed E-state index contributed by atoms with van der Waals surface area (Å²) in [4.78, 5) is 58.0. The van der Waals surface area contributed by atoms with Gasteiger partial charge in [-0.05, 0) is 27.7 Å². The quantitative estimate of drug-likeness (QED) is 0.0370. The number of carbonyl (C=O) groups excluding carboxylic acids is 5. The lowest BCUT2D eigenvalue weighted by atomic mass is 10.2. The SMILES string of the molecule is CC(OCCOCCOC(=O)Cl)N(CCOCC(OCCN(C(C)OCCOCCOC(=O)Cl)C(C)OCCOCCOC(=O)Cl)C(COCCNCCOCCOCCOC(=O)Cl)OCCN)C(C)OCCOCCOC(=O)Cl. The summed E-state index contributed by atoms with van der Waals surface area (Å²) in [6.07, 6.45) is -3.36. The molecule has 0 saturated heterocycles. The fourth-order valence-corrected chi connectivity index (χ4v) is 6.87. The van der Waals surface area contributed by atoms with Crippen molar-refractivity contribution in [1.29, 1.82) is 0 Å². The largest absolute Gasteiger partial charge is 0.451 e. The van der Waals surface area contributed by atoms with Crippen molar-refractivity contribution in [2.75, 3.05) is 211 Å². The highest BCUT2D eigenvalue weighted by Crippen LogP contribution is 2.14. The molecule has 6 atom stereocenters. The number of nitrogens with zero attached hydrogens (tertiary/aromatic N) is 2. The number of carbonyl (C=O) groups is 5. The zero-order chi connectivity index (χ0) is 59.3. The first-order chi connectivity index (χ1) is 38.6. The van der Waals surface area contributed by atoms with E-state index in [1.54, 1.807) is 0 Å². The van der Waals surface area contributed by atoms with Crippen LogP contribution in [0.15, 0.2) is 0 Å². The Balaban J connectivity index is 6.09. The Labute approximate surface area is 493 Å². The standard InChI is InChI=1S/C47H85Cl5N4O24/c1-37(70-26-17-64-22-31-77-44(49)58)55(38(2)71-27-18-65-23-32-78-45(50)59)8-13-69-36-42(41(74-10-5-53)35-68-12-7-54-6-11-62-15-16-63-21-30-76-43(48)57)75-14-9-56(39(3)72-28-19-66-24-33-79-46(51)60)40(4)73-29-20-67-25-34-80-47(52)61/h37-42,54H,5-36,53H2,1-4H3. The van der Waals surface area contributed by atoms with Gasteiger partial charge in [0.05, 0.1) is 145 Å². The fourth-order valence-electron chi connectivity index (χ4n) is 6.48. The number of halogens is 5. The third-order valence-corrected chi connectivity index (χ3v) is 10.8. The van der Waals surface area contributed by atoms with E-state index in [0.717, 1.165) is 0 Å². The maximum absolute atomic E-state index is 10.9. The average Bonchev–Trinajstić information content (AvgIpc) is 3.40. The van der Waals surface area contributed by atoms with Crippen LogP contribution in [0.1, 0.15) is 27.7 Å². The summed E-state index contributed by atoms with van der Waals surface area (Å²) in [5, 5.41) is 3.26. The molecule has 28 nitrogen and oxygen atoms in total. The van der Waals surface area contributed by atoms with Crippen molar-refractivity contribution in [3.8, 4) is 0 Å². The van der Waals surface area contributed by atoms with E-state index in [1.165, 1.54) is 0 Å². The first-order valence-corrected chi connectivity index (χ1v) is 27.8. The van der Waals surface area contributed by atoms with Gasteiger partial charge in [0.15, 0.2) is 0 Å². The Morgan fingerprint density at radius 2 is 0.600 bits per heavy atom. The van der Waals surface area contributed by atoms with Gasteiger partial charge in [0.25, 0.3) is 0 Å². The molecule has 0 heterocycles. The van der Waals surface area contributed by atoms with Crippen molar-refractivity contribution in [2.24, 2.45) is 5.73 Å². The van der Waals surface area contributed by atoms with Crippen LogP contribution in [0, 0.1) is 0 Å². The van der Waals surface area contributed by atoms with Gasteiger partial charge >= 0.3 is 27.1 Å². The van der Waals surface area contributed by atoms with Crippen molar-refractivity contribution in [2.45, 2.75) is 64.8 Å². The van der Waals surface area contributed by atoms with E-state index >= 15 is 0 Å². The van der Waals surface area contributed by atoms with Crippen LogP contribution in [0.4, 0.5) is 24.0 Å². The molecule has 0 aromatic rings. The minimum Gasteiger partial charge on any atom is -0.451 e. The van der Waals surface area contributed by atoms with Gasteiger partial charge in [0.1, 0.15) is 70.2 Å². The molecule has 0 aromatic carbocycles. The Bertz CT molecular complexity index is 1450. The molecule has 33 heteroatoms. The topological polar surface area (TPSA) is 305 Å². The lowest BCUT2D eigenvalue weighted by Gasteiger charge is -2.35. The molecule has 0 aliphatic rings. The van der Waals surface area contributed by atoms with Crippen LogP contribution in [0.5, 0.6) is 0 Å². The zero-order valence-electron chi connectivity index (χ0n) is 46.3. The van der Waals surface area contributed by atoms with Crippen molar-refractivity contribution < 1.29 is 114 Å². The van der Waals surface area contributed by atoms with Crippen LogP contribution in [-0.4, -0.2) is 285 Å². The Morgan fingerprint density at radius 1 is 0.338 bits per heavy atom. The minimum absolute atomic E-state index is 0.00680. The molecule has 0 fully saturated rings. The first-order valence-electron chi connectivity index (χ1n) is 25.9. The Kier molecular flexibility index (Phi) is 54.9. The molecule has 0 aliphatic carbocycles. The highest BCUT2D eigenvalue weighted by molar-refractivity contribution is 6.62. The smallest absolute Gasteiger partial charge is 0.403 e. The molecule has 0 saturated carbocycles. The summed E-state index contributed by atoms with van der Waals surface area (Å²) >= 11 is 26.0. The molecular weight excluding hydrogens is 1180 g/mol. The van der Waals surface area contributed by atoms with E-state index in [9.17, 15) is 24.0 Å². The first kappa shape index (κ1) is 78.1. The molecule has 0 amide bonds. The van der Waals surface area contributed by atoms with Gasteiger partial charge in [-0.3, -0.25) is 9.80 Å². The van der Waals surface area contributed by atoms with Crippen LogP contribution < -0.4 is 11.1 Å². The lowest BCUT2D eigenvalue weighted by Crippen LogP contribution is -2.47. The number of rotatable bonds is 59. The zero-order valence-corrected chi connectivity index (χ0v) is 50.0. The predicted molar refractivity (Wildman–Crippen MR) is 289 cm³/mol. The van der Waals surface area contributed by atoms with Crippen molar-refractivity contribution in [3.63, 3.8) is 0 Å². The second-order valence-electron chi connectivity index (χ2n) is 16.0. The highest BCUT2D eigenvalue weighted by Gasteiger charge is 2.28. The van der Waals surface area contributed by atoms with Gasteiger partial charge in [0, 0.05) is 90.7 Å². The summed E-state index contributed by atoms with van der Waals surface area (Å²) < 4.78 is 106. The van der Waals surface area contributed by atoms with Crippen LogP contribution in [-0.2, 0) is 90.0 Å². The molecule has 0 bridgehead atoms. The second-order valence-corrected chi connectivity index (χ2v) is 17.5. The summed E-state index contributed by atoms with van der Waals surface area (Å²) in [6.45, 7) is 13.7. The number of ether oxygens (including phenoxy) is 19. The van der Waals surface area contributed by atoms with E-state index in [2.05, 4.69) is 19.5 Å². The third kappa shape index (κ3) is 50.6. The van der Waals surface area contributed by atoms with Gasteiger partial charge in [0.2, 0.25) is 0 Å². The maximum atomic E-state index is 10.9. The number of hydrogen-bond donors (Lipinski definition) is 2. The van der Waals surface area contributed by atoms with Crippen molar-refractivity contribution in [3.05, 3.63) is 0 Å². The van der Waals surface area contributed by atoms with E-state index in [-0.39, 0.29) is 159 Å². The van der Waals surface area contributed by atoms with Crippen LogP contribution >= 0.6 is 58.0 Å². The summed E-state index contributed by atoms with van der Waals surface area (Å²) in [5.74, 6) is 0. The molecule has 0 aromatic heterocycles. The molecule has 0 spiro atoms. The Hall–Kier alpha value is -1.92. The monoisotopic (exact) mass is 1260 g/mol. The predicted octanol–water partition coefficient (Wildman–Crippen LogP) is 4.37. The van der Waals surface area contributed by atoms with Gasteiger partial charge < -0.3 is 101 Å². The number of nitrogens with one attached hydrogen (secondary N) is 1. The molecule has 472 valence electrons. The maximum Gasteiger partial charge on any atom is 0.403 e. The van der Waals surface area contributed by atoms with Gasteiger partial charge in [-0.25, -0.2) is 24.0 Å². The van der Waals surface area contributed by atoms with Crippen molar-refractivity contribution in [1.82, 2.24) is 15.1 Å². The summed E-state index contributed by atoms with van der Waals surface area (Å²) in [5.41, 5.74) is 1.33. The summed E-state index contributed by atoms with van der Waals surface area (Å²) in [7, 11) is 0. The Morgan fingerprint density at radius 3 is 0.925 bits per heavy atom. The van der Waals surface area contributed by atoms with E-state index < -0.39 is 64.3 Å². The van der Waals surface area contributed by atoms with E-state index in [0.29, 0.717) is 52.6 Å². The molecule has 0 radical (unpaired) electrons. The second kappa shape index (κ2) is 56.2. The van der Waals surface area contributed by atoms with E-state index in [4.69, 9.17) is 140 Å². The normalized spacial score (nSPS) is 13.9. The fraction of sp³-hybridized carbons (Fsp3) is 0.894. The molecule has 3 N–H and O–H groups in total. The average molecular weight is 1270 g/mol. The lowest BCUT2D eigenvalue weighted by molar-refractivity contribution is -0.171. The minimum atomic E-state index is -0.927. The summed E-state index contributed by atoms with van der Waals surface area (Å²) in [6, 6.07) is 0. The molecule has 0 aliphatic heterocycles. The van der Waals surface area contributed by atoms with Crippen LogP contribution in [0.3, 0.4) is 0 Å². The molecular formula is C47H85Cl5N4O24. The van der Waals surface area contributed by atoms with E-state index in [1.807, 2.05) is 37.5 Å². The van der Waals surface area contributed by atoms with Crippen LogP contribution in [0.25, 0.3) is 0 Å². The van der Waals surface area contributed by atoms with Gasteiger partial charge in [-0.15, -0.1) is 0 Å². The van der Waals surface area contributed by atoms with Crippen molar-refractivity contribution >= 4 is 85.1 Å². The molecule has 80 heavy (non-hydrogen) atoms.